The average molecular weight is 474 g/mol. The number of nitrogens with zero attached hydrogens (tertiary/aromatic N) is 2. The molecule has 0 bridgehead atoms. The predicted molar refractivity (Wildman–Crippen MR) is 124 cm³/mol. The Kier molecular flexibility index (Phi) is 6.73. The van der Waals surface area contributed by atoms with Gasteiger partial charge in [0.2, 0.25) is 15.9 Å². The zero-order valence-electron chi connectivity index (χ0n) is 18.5. The van der Waals surface area contributed by atoms with Crippen LogP contribution < -0.4 is 19.1 Å². The van der Waals surface area contributed by atoms with Crippen LogP contribution in [0, 0.1) is 0 Å². The lowest BCUT2D eigenvalue weighted by molar-refractivity contribution is -0.114. The maximum Gasteiger partial charge on any atom is 0.255 e. The second kappa shape index (κ2) is 9.70. The summed E-state index contributed by atoms with van der Waals surface area (Å²) in [5, 5.41) is 2.73. The van der Waals surface area contributed by atoms with E-state index in [9.17, 15) is 18.0 Å². The molecule has 2 aromatic rings. The van der Waals surface area contributed by atoms with Crippen molar-refractivity contribution in [1.29, 1.82) is 0 Å². The fourth-order valence-corrected chi connectivity index (χ4v) is 4.94. The van der Waals surface area contributed by atoms with Crippen molar-refractivity contribution in [3.05, 3.63) is 48.0 Å². The third-order valence-corrected chi connectivity index (χ3v) is 7.37. The number of hydrogen-bond acceptors (Lipinski definition) is 6. The van der Waals surface area contributed by atoms with E-state index < -0.39 is 22.5 Å². The summed E-state index contributed by atoms with van der Waals surface area (Å²) in [4.78, 5) is 27.6. The lowest BCUT2D eigenvalue weighted by Crippen LogP contribution is -2.39. The highest BCUT2D eigenvalue weighted by Gasteiger charge is 2.27. The number of para-hydroxylation sites is 1. The van der Waals surface area contributed by atoms with Gasteiger partial charge in [-0.15, -0.1) is 0 Å². The van der Waals surface area contributed by atoms with Gasteiger partial charge in [-0.2, -0.15) is 0 Å². The van der Waals surface area contributed by atoms with E-state index in [0.717, 1.165) is 17.1 Å². The van der Waals surface area contributed by atoms with Gasteiger partial charge in [-0.1, -0.05) is 12.1 Å². The van der Waals surface area contributed by atoms with Crippen LogP contribution in [0.15, 0.2) is 42.5 Å². The molecule has 0 spiro atoms. The number of anilines is 2. The van der Waals surface area contributed by atoms with Crippen molar-refractivity contribution in [2.24, 2.45) is 0 Å². The molecule has 0 unspecified atom stereocenters. The number of likely N-dealkylation sites (tertiary alicyclic amines) is 1. The van der Waals surface area contributed by atoms with Crippen molar-refractivity contribution in [2.75, 3.05) is 48.2 Å². The molecule has 2 amide bonds. The van der Waals surface area contributed by atoms with Crippen LogP contribution in [0.1, 0.15) is 30.1 Å². The molecular formula is C23H27N3O6S. The molecule has 176 valence electrons. The Bertz CT molecular complexity index is 1140. The van der Waals surface area contributed by atoms with Crippen molar-refractivity contribution in [3.63, 3.8) is 0 Å². The maximum absolute atomic E-state index is 12.9. The summed E-state index contributed by atoms with van der Waals surface area (Å²) in [6, 6.07) is 11.5. The first-order valence-corrected chi connectivity index (χ1v) is 12.6. The van der Waals surface area contributed by atoms with E-state index in [1.165, 1.54) is 6.92 Å². The van der Waals surface area contributed by atoms with Gasteiger partial charge in [-0.3, -0.25) is 13.9 Å². The maximum atomic E-state index is 12.9. The Balaban J connectivity index is 1.56. The van der Waals surface area contributed by atoms with Gasteiger partial charge < -0.3 is 19.7 Å². The Morgan fingerprint density at radius 2 is 1.73 bits per heavy atom. The van der Waals surface area contributed by atoms with Crippen molar-refractivity contribution in [2.45, 2.75) is 19.8 Å². The summed E-state index contributed by atoms with van der Waals surface area (Å²) >= 11 is 0. The van der Waals surface area contributed by atoms with Gasteiger partial charge in [0.1, 0.15) is 19.8 Å². The molecule has 0 aliphatic carbocycles. The van der Waals surface area contributed by atoms with E-state index in [1.807, 2.05) is 0 Å². The van der Waals surface area contributed by atoms with E-state index in [4.69, 9.17) is 9.47 Å². The number of carbonyl (C=O) groups excluding carboxylic acids is 2. The lowest BCUT2D eigenvalue weighted by atomic mass is 10.1. The van der Waals surface area contributed by atoms with Gasteiger partial charge in [0, 0.05) is 19.2 Å². The number of rotatable bonds is 7. The Labute approximate surface area is 193 Å². The largest absolute Gasteiger partial charge is 0.486 e. The molecule has 0 saturated carbocycles. The number of nitrogens with one attached hydrogen (secondary N) is 1. The molecule has 1 N–H and O–H groups in total. The van der Waals surface area contributed by atoms with E-state index in [2.05, 4.69) is 5.32 Å². The molecular weight excluding hydrogens is 446 g/mol. The van der Waals surface area contributed by atoms with Crippen molar-refractivity contribution < 1.29 is 27.5 Å². The molecule has 1 fully saturated rings. The smallest absolute Gasteiger partial charge is 0.255 e. The van der Waals surface area contributed by atoms with Crippen LogP contribution in [0.25, 0.3) is 0 Å². The highest BCUT2D eigenvalue weighted by Crippen LogP contribution is 2.35. The zero-order chi connectivity index (χ0) is 23.4. The third-order valence-electron chi connectivity index (χ3n) is 5.63. The number of benzene rings is 2. The summed E-state index contributed by atoms with van der Waals surface area (Å²) in [6.45, 7) is 3.23. The van der Waals surface area contributed by atoms with E-state index in [1.54, 1.807) is 47.4 Å². The van der Waals surface area contributed by atoms with Gasteiger partial charge in [-0.25, -0.2) is 8.42 Å². The van der Waals surface area contributed by atoms with Crippen LogP contribution >= 0.6 is 0 Å². The number of sulfonamides is 1. The number of ether oxygens (including phenoxy) is 2. The molecule has 33 heavy (non-hydrogen) atoms. The number of fused-ring (bicyclic) bond motifs is 1. The minimum absolute atomic E-state index is 0.145. The Morgan fingerprint density at radius 3 is 2.45 bits per heavy atom. The molecule has 2 aliphatic rings. The Hall–Kier alpha value is -3.27. The summed E-state index contributed by atoms with van der Waals surface area (Å²) in [5.41, 5.74) is 1.05. The second-order valence-electron chi connectivity index (χ2n) is 7.83. The molecule has 2 aromatic carbocycles. The molecule has 2 aliphatic heterocycles. The normalized spacial score (nSPS) is 15.2. The van der Waals surface area contributed by atoms with Crippen LogP contribution in [0.2, 0.25) is 0 Å². The van der Waals surface area contributed by atoms with Gasteiger partial charge >= 0.3 is 0 Å². The van der Waals surface area contributed by atoms with Crippen molar-refractivity contribution in [1.82, 2.24) is 4.90 Å². The molecule has 2 heterocycles. The van der Waals surface area contributed by atoms with E-state index in [-0.39, 0.29) is 11.7 Å². The summed E-state index contributed by atoms with van der Waals surface area (Å²) < 4.78 is 37.7. The SMILES string of the molecule is CCS(=O)(=O)N(CC(=O)Nc1ccccc1C(=O)N1CCCC1)c1ccc2c(c1)OCCO2. The standard InChI is InChI=1S/C23H27N3O6S/c1-2-33(29,30)26(17-9-10-20-21(15-17)32-14-13-31-20)16-22(27)24-19-8-4-3-7-18(19)23(28)25-11-5-6-12-25/h3-4,7-10,15H,2,5-6,11-14,16H2,1H3,(H,24,27). The molecule has 4 rings (SSSR count). The average Bonchev–Trinajstić information content (AvgIpc) is 3.37. The number of carbonyl (C=O) groups is 2. The molecule has 9 nitrogen and oxygen atoms in total. The summed E-state index contributed by atoms with van der Waals surface area (Å²) in [6.07, 6.45) is 1.92. The molecule has 0 aromatic heterocycles. The fraction of sp³-hybridized carbons (Fsp3) is 0.391. The second-order valence-corrected chi connectivity index (χ2v) is 10.0. The van der Waals surface area contributed by atoms with Crippen molar-refractivity contribution in [3.8, 4) is 11.5 Å². The summed E-state index contributed by atoms with van der Waals surface area (Å²) in [7, 11) is -3.77. The van der Waals surface area contributed by atoms with Crippen LogP contribution in [0.5, 0.6) is 11.5 Å². The zero-order valence-corrected chi connectivity index (χ0v) is 19.3. The highest BCUT2D eigenvalue weighted by molar-refractivity contribution is 7.92. The fourth-order valence-electron chi connectivity index (χ4n) is 3.88. The first kappa shape index (κ1) is 22.9. The Morgan fingerprint density at radius 1 is 1.03 bits per heavy atom. The quantitative estimate of drug-likeness (QED) is 0.663. The molecule has 0 atom stereocenters. The van der Waals surface area contributed by atoms with Crippen molar-refractivity contribution >= 4 is 33.2 Å². The minimum Gasteiger partial charge on any atom is -0.486 e. The van der Waals surface area contributed by atoms with Crippen LogP contribution in [0.4, 0.5) is 11.4 Å². The molecule has 1 saturated heterocycles. The topological polar surface area (TPSA) is 105 Å². The minimum atomic E-state index is -3.77. The number of hydrogen-bond donors (Lipinski definition) is 1. The highest BCUT2D eigenvalue weighted by atomic mass is 32.2. The van der Waals surface area contributed by atoms with Crippen LogP contribution in [0.3, 0.4) is 0 Å². The first-order chi connectivity index (χ1) is 15.9. The van der Waals surface area contributed by atoms with E-state index >= 15 is 0 Å². The molecule has 0 radical (unpaired) electrons. The molecule has 10 heteroatoms. The van der Waals surface area contributed by atoms with Gasteiger partial charge in [0.25, 0.3) is 5.91 Å². The van der Waals surface area contributed by atoms with Gasteiger partial charge in [0.05, 0.1) is 22.7 Å². The monoisotopic (exact) mass is 473 g/mol. The van der Waals surface area contributed by atoms with Crippen LogP contribution in [-0.4, -0.2) is 63.7 Å². The number of amides is 2. The van der Waals surface area contributed by atoms with Gasteiger partial charge in [0.15, 0.2) is 11.5 Å². The predicted octanol–water partition coefficient (Wildman–Crippen LogP) is 2.49. The van der Waals surface area contributed by atoms with E-state index in [0.29, 0.717) is 54.7 Å². The summed E-state index contributed by atoms with van der Waals surface area (Å²) in [5.74, 6) is 0.0743. The first-order valence-electron chi connectivity index (χ1n) is 11.0. The van der Waals surface area contributed by atoms with Crippen LogP contribution in [-0.2, 0) is 14.8 Å². The lowest BCUT2D eigenvalue weighted by Gasteiger charge is -2.26. The van der Waals surface area contributed by atoms with Gasteiger partial charge in [-0.05, 0) is 44.0 Å². The third kappa shape index (κ3) is 5.05.